The first kappa shape index (κ1) is 17.4. The van der Waals surface area contributed by atoms with E-state index in [1.165, 1.54) is 16.7 Å². The molecule has 2 rings (SSSR count). The van der Waals surface area contributed by atoms with E-state index in [-0.39, 0.29) is 10.8 Å². The smallest absolute Gasteiger partial charge is 0.0343 e. The number of hydrogen-bond acceptors (Lipinski definition) is 1. The molecule has 0 radical (unpaired) electrons. The highest BCUT2D eigenvalue weighted by molar-refractivity contribution is 5.88. The minimum absolute atomic E-state index is 0.0385. The molecule has 0 bridgehead atoms. The van der Waals surface area contributed by atoms with Crippen LogP contribution in [0.25, 0.3) is 0 Å². The molecule has 0 fully saturated rings. The lowest BCUT2D eigenvalue weighted by Gasteiger charge is -2.20. The first-order valence-electron chi connectivity index (χ1n) is 7.83. The summed E-state index contributed by atoms with van der Waals surface area (Å²) in [4.78, 5) is 4.37. The zero-order valence-electron chi connectivity index (χ0n) is 14.6. The molecule has 0 atom stereocenters. The van der Waals surface area contributed by atoms with Crippen LogP contribution in [0, 0.1) is 10.8 Å². The standard InChI is InChI=1S/C18H23N.C2H6/c1-14-7-6-8-17(2,3)12-16(14)15-11-18(4,5)9-10-19-13-15;1-2/h6-13H,1-5H3;1-2H3. The second kappa shape index (κ2) is 6.89. The van der Waals surface area contributed by atoms with Crippen LogP contribution in [0.15, 0.2) is 64.4 Å². The van der Waals surface area contributed by atoms with E-state index in [4.69, 9.17) is 0 Å². The molecule has 1 heteroatoms. The van der Waals surface area contributed by atoms with Crippen LogP contribution in [0.1, 0.15) is 48.5 Å². The maximum Gasteiger partial charge on any atom is 0.0343 e. The summed E-state index contributed by atoms with van der Waals surface area (Å²) >= 11 is 0. The Labute approximate surface area is 130 Å². The van der Waals surface area contributed by atoms with Crippen LogP contribution in [0.3, 0.4) is 0 Å². The molecule has 0 aromatic heterocycles. The third-order valence-corrected chi connectivity index (χ3v) is 3.46. The van der Waals surface area contributed by atoms with E-state index in [1.807, 2.05) is 26.3 Å². The summed E-state index contributed by atoms with van der Waals surface area (Å²) in [6.07, 6.45) is 17.2. The van der Waals surface area contributed by atoms with Crippen LogP contribution in [0.2, 0.25) is 0 Å². The van der Waals surface area contributed by atoms with Crippen molar-refractivity contribution >= 4 is 6.21 Å². The average molecular weight is 283 g/mol. The Bertz CT molecular complexity index is 546. The van der Waals surface area contributed by atoms with E-state index < -0.39 is 0 Å². The molecular weight excluding hydrogens is 254 g/mol. The minimum Gasteiger partial charge on any atom is -0.264 e. The van der Waals surface area contributed by atoms with Gasteiger partial charge in [0.2, 0.25) is 0 Å². The van der Waals surface area contributed by atoms with Crippen LogP contribution < -0.4 is 0 Å². The van der Waals surface area contributed by atoms with Crippen molar-refractivity contribution in [3.8, 4) is 0 Å². The molecule has 1 nitrogen and oxygen atoms in total. The molecule has 0 amide bonds. The molecule has 1 aliphatic heterocycles. The maximum absolute atomic E-state index is 4.37. The summed E-state index contributed by atoms with van der Waals surface area (Å²) in [7, 11) is 0. The second-order valence-electron chi connectivity index (χ2n) is 6.60. The number of nitrogens with zero attached hydrogens (tertiary/aromatic N) is 1. The molecule has 1 heterocycles. The molecule has 0 N–H and O–H groups in total. The van der Waals surface area contributed by atoms with E-state index in [9.17, 15) is 0 Å². The first-order chi connectivity index (χ1) is 9.79. The van der Waals surface area contributed by atoms with Crippen LogP contribution in [0.5, 0.6) is 0 Å². The number of aliphatic imine (C=N–C) groups is 1. The molecule has 0 spiro atoms. The molecule has 21 heavy (non-hydrogen) atoms. The number of rotatable bonds is 1. The Morgan fingerprint density at radius 1 is 0.905 bits per heavy atom. The SMILES string of the molecule is CC.CC1=CC=CC(C)(C)C=C1C1=CC(C)(C)C=CN=C1. The predicted molar refractivity (Wildman–Crippen MR) is 95.6 cm³/mol. The zero-order chi connectivity index (χ0) is 16.1. The number of allylic oxidation sites excluding steroid dienone is 9. The summed E-state index contributed by atoms with van der Waals surface area (Å²) in [6.45, 7) is 15.0. The van der Waals surface area contributed by atoms with Crippen molar-refractivity contribution in [2.75, 3.05) is 0 Å². The lowest BCUT2D eigenvalue weighted by Crippen LogP contribution is -2.08. The lowest BCUT2D eigenvalue weighted by atomic mass is 9.84. The largest absolute Gasteiger partial charge is 0.264 e. The van der Waals surface area contributed by atoms with Crippen molar-refractivity contribution < 1.29 is 0 Å². The van der Waals surface area contributed by atoms with Gasteiger partial charge in [-0.15, -0.1) is 0 Å². The van der Waals surface area contributed by atoms with Gasteiger partial charge in [-0.25, -0.2) is 0 Å². The van der Waals surface area contributed by atoms with Gasteiger partial charge in [0.15, 0.2) is 0 Å². The average Bonchev–Trinajstić information content (AvgIpc) is 2.66. The van der Waals surface area contributed by atoms with Gasteiger partial charge in [-0.1, -0.05) is 78.0 Å². The molecule has 114 valence electrons. The molecule has 0 saturated carbocycles. The lowest BCUT2D eigenvalue weighted by molar-refractivity contribution is 0.617. The number of hydrogen-bond donors (Lipinski definition) is 0. The van der Waals surface area contributed by atoms with Crippen molar-refractivity contribution in [1.82, 2.24) is 0 Å². The third-order valence-electron chi connectivity index (χ3n) is 3.46. The van der Waals surface area contributed by atoms with E-state index in [0.29, 0.717) is 0 Å². The summed E-state index contributed by atoms with van der Waals surface area (Å²) in [5, 5.41) is 0. The molecule has 0 saturated heterocycles. The van der Waals surface area contributed by atoms with Gasteiger partial charge >= 0.3 is 0 Å². The fourth-order valence-corrected chi connectivity index (χ4v) is 2.37. The van der Waals surface area contributed by atoms with Crippen molar-refractivity contribution in [2.24, 2.45) is 15.8 Å². The fourth-order valence-electron chi connectivity index (χ4n) is 2.37. The highest BCUT2D eigenvalue weighted by Gasteiger charge is 2.20. The Morgan fingerprint density at radius 3 is 2.19 bits per heavy atom. The molecule has 0 aromatic carbocycles. The van der Waals surface area contributed by atoms with E-state index in [1.54, 1.807) is 0 Å². The molecular formula is C20H29N. The van der Waals surface area contributed by atoms with Crippen LogP contribution in [-0.2, 0) is 0 Å². The zero-order valence-corrected chi connectivity index (χ0v) is 14.6. The van der Waals surface area contributed by atoms with E-state index >= 15 is 0 Å². The van der Waals surface area contributed by atoms with Gasteiger partial charge in [0, 0.05) is 23.2 Å². The van der Waals surface area contributed by atoms with E-state index in [0.717, 1.165) is 0 Å². The molecule has 1 aliphatic carbocycles. The highest BCUT2D eigenvalue weighted by Crippen LogP contribution is 2.33. The van der Waals surface area contributed by atoms with Crippen LogP contribution in [0.4, 0.5) is 0 Å². The quantitative estimate of drug-likeness (QED) is 0.557. The summed E-state index contributed by atoms with van der Waals surface area (Å²) in [5.41, 5.74) is 3.90. The third kappa shape index (κ3) is 5.00. The van der Waals surface area contributed by atoms with Crippen molar-refractivity contribution in [1.29, 1.82) is 0 Å². The molecule has 0 unspecified atom stereocenters. The maximum atomic E-state index is 4.37. The molecule has 2 aliphatic rings. The normalized spacial score (nSPS) is 22.1. The predicted octanol–water partition coefficient (Wildman–Crippen LogP) is 6.03. The monoisotopic (exact) mass is 283 g/mol. The van der Waals surface area contributed by atoms with Gasteiger partial charge in [-0.2, -0.15) is 0 Å². The fraction of sp³-hybridized carbons (Fsp3) is 0.450. The van der Waals surface area contributed by atoms with Crippen LogP contribution >= 0.6 is 0 Å². The summed E-state index contributed by atoms with van der Waals surface area (Å²) in [5.74, 6) is 0. The molecule has 0 aromatic rings. The minimum atomic E-state index is 0.0385. The second-order valence-corrected chi connectivity index (χ2v) is 6.60. The Balaban J connectivity index is 0.00000106. The van der Waals surface area contributed by atoms with Crippen molar-refractivity contribution in [3.63, 3.8) is 0 Å². The van der Waals surface area contributed by atoms with Crippen molar-refractivity contribution in [2.45, 2.75) is 48.5 Å². The van der Waals surface area contributed by atoms with Gasteiger partial charge in [-0.3, -0.25) is 4.99 Å². The Morgan fingerprint density at radius 2 is 1.52 bits per heavy atom. The Kier molecular flexibility index (Phi) is 5.71. The topological polar surface area (TPSA) is 12.4 Å². The summed E-state index contributed by atoms with van der Waals surface area (Å²) in [6, 6.07) is 0. The van der Waals surface area contributed by atoms with Gasteiger partial charge in [0.1, 0.15) is 0 Å². The van der Waals surface area contributed by atoms with Gasteiger partial charge in [-0.05, 0) is 23.6 Å². The van der Waals surface area contributed by atoms with Gasteiger partial charge in [0.25, 0.3) is 0 Å². The van der Waals surface area contributed by atoms with Crippen LogP contribution in [-0.4, -0.2) is 6.21 Å². The van der Waals surface area contributed by atoms with Gasteiger partial charge in [0.05, 0.1) is 0 Å². The summed E-state index contributed by atoms with van der Waals surface area (Å²) < 4.78 is 0. The Hall–Kier alpha value is -1.63. The first-order valence-corrected chi connectivity index (χ1v) is 7.83. The van der Waals surface area contributed by atoms with E-state index in [2.05, 4.69) is 76.1 Å². The van der Waals surface area contributed by atoms with Crippen molar-refractivity contribution in [3.05, 3.63) is 59.4 Å². The highest BCUT2D eigenvalue weighted by atomic mass is 14.7. The van der Waals surface area contributed by atoms with Gasteiger partial charge < -0.3 is 0 Å².